The fourth-order valence-corrected chi connectivity index (χ4v) is 3.32. The molecule has 3 rings (SSSR count). The molecule has 1 aliphatic heterocycles. The first-order chi connectivity index (χ1) is 13.0. The molecular formula is C21H23ClN2O3. The van der Waals surface area contributed by atoms with Gasteiger partial charge in [0.1, 0.15) is 5.75 Å². The Bertz CT molecular complexity index is 815. The fourth-order valence-electron chi connectivity index (χ4n) is 3.15. The van der Waals surface area contributed by atoms with Crippen molar-refractivity contribution in [2.45, 2.75) is 26.2 Å². The van der Waals surface area contributed by atoms with Crippen LogP contribution in [0.25, 0.3) is 0 Å². The van der Waals surface area contributed by atoms with Crippen molar-refractivity contribution in [3.05, 3.63) is 53.1 Å². The second kappa shape index (κ2) is 8.91. The van der Waals surface area contributed by atoms with Crippen molar-refractivity contribution in [1.29, 1.82) is 0 Å². The predicted octanol–water partition coefficient (Wildman–Crippen LogP) is 4.55. The number of benzene rings is 2. The van der Waals surface area contributed by atoms with Gasteiger partial charge in [-0.15, -0.1) is 0 Å². The molecule has 1 N–H and O–H groups in total. The molecule has 1 aliphatic rings. The third-order valence-electron chi connectivity index (χ3n) is 4.55. The van der Waals surface area contributed by atoms with E-state index in [0.717, 1.165) is 13.1 Å². The Morgan fingerprint density at radius 3 is 2.44 bits per heavy atom. The topological polar surface area (TPSA) is 58.6 Å². The van der Waals surface area contributed by atoms with Gasteiger partial charge < -0.3 is 15.0 Å². The van der Waals surface area contributed by atoms with E-state index in [4.69, 9.17) is 16.3 Å². The first-order valence-electron chi connectivity index (χ1n) is 9.11. The molecule has 0 aliphatic carbocycles. The van der Waals surface area contributed by atoms with Gasteiger partial charge in [-0.2, -0.15) is 0 Å². The number of carbonyl (C=O) groups excluding carboxylic acids is 2. The number of hydrogen-bond donors (Lipinski definition) is 1. The molecular weight excluding hydrogens is 364 g/mol. The zero-order valence-corrected chi connectivity index (χ0v) is 16.1. The summed E-state index contributed by atoms with van der Waals surface area (Å²) in [5.74, 6) is -0.103. The molecule has 0 atom stereocenters. The van der Waals surface area contributed by atoms with Crippen molar-refractivity contribution < 1.29 is 14.3 Å². The Kier molecular flexibility index (Phi) is 6.35. The van der Waals surface area contributed by atoms with E-state index >= 15 is 0 Å². The quantitative estimate of drug-likeness (QED) is 0.740. The number of hydrogen-bond acceptors (Lipinski definition) is 4. The first kappa shape index (κ1) is 19.2. The van der Waals surface area contributed by atoms with Crippen LogP contribution in [0.15, 0.2) is 42.5 Å². The van der Waals surface area contributed by atoms with Crippen molar-refractivity contribution in [3.63, 3.8) is 0 Å². The van der Waals surface area contributed by atoms with Crippen LogP contribution in [0, 0.1) is 0 Å². The van der Waals surface area contributed by atoms with Crippen molar-refractivity contribution in [2.24, 2.45) is 0 Å². The lowest BCUT2D eigenvalue weighted by Crippen LogP contribution is -2.29. The average molecular weight is 387 g/mol. The van der Waals surface area contributed by atoms with E-state index in [1.807, 2.05) is 24.3 Å². The lowest BCUT2D eigenvalue weighted by molar-refractivity contribution is -0.118. The maximum Gasteiger partial charge on any atom is 0.262 e. The van der Waals surface area contributed by atoms with Crippen LogP contribution in [0.3, 0.4) is 0 Å². The number of carbonyl (C=O) groups is 2. The molecule has 0 spiro atoms. The zero-order valence-electron chi connectivity index (χ0n) is 15.3. The maximum absolute atomic E-state index is 12.2. The number of halogens is 1. The number of nitrogens with one attached hydrogen (secondary N) is 1. The Labute approximate surface area is 164 Å². The Balaban J connectivity index is 1.56. The number of anilines is 2. The summed E-state index contributed by atoms with van der Waals surface area (Å²) in [5.41, 5.74) is 2.25. The molecule has 0 bridgehead atoms. The van der Waals surface area contributed by atoms with Gasteiger partial charge in [-0.1, -0.05) is 11.6 Å². The van der Waals surface area contributed by atoms with E-state index in [-0.39, 0.29) is 18.3 Å². The number of Topliss-reactive ketones (excluding diaryl/α,β-unsaturated/α-hetero) is 1. The smallest absolute Gasteiger partial charge is 0.262 e. The van der Waals surface area contributed by atoms with Gasteiger partial charge in [0.2, 0.25) is 0 Å². The van der Waals surface area contributed by atoms with E-state index in [1.165, 1.54) is 37.9 Å². The van der Waals surface area contributed by atoms with Gasteiger partial charge in [0.05, 0.1) is 5.56 Å². The number of rotatable bonds is 6. The molecule has 5 nitrogen and oxygen atoms in total. The van der Waals surface area contributed by atoms with Gasteiger partial charge in [0, 0.05) is 29.5 Å². The number of ketones is 1. The van der Waals surface area contributed by atoms with Crippen LogP contribution in [0.4, 0.5) is 11.4 Å². The number of ether oxygens (including phenoxy) is 1. The lowest BCUT2D eigenvalue weighted by atomic mass is 10.1. The minimum atomic E-state index is -0.287. The zero-order chi connectivity index (χ0) is 19.2. The van der Waals surface area contributed by atoms with Gasteiger partial charge >= 0.3 is 0 Å². The SMILES string of the molecule is CC(=O)c1cc(Cl)ccc1OCC(=O)Nc1ccc(N2CCCCC2)cc1. The summed E-state index contributed by atoms with van der Waals surface area (Å²) in [6.45, 7) is 3.41. The third kappa shape index (κ3) is 5.23. The second-order valence-electron chi connectivity index (χ2n) is 6.63. The molecule has 6 heteroatoms. The minimum absolute atomic E-state index is 0.166. The summed E-state index contributed by atoms with van der Waals surface area (Å²) in [4.78, 5) is 26.2. The predicted molar refractivity (Wildman–Crippen MR) is 108 cm³/mol. The molecule has 0 unspecified atom stereocenters. The van der Waals surface area contributed by atoms with Crippen molar-refractivity contribution >= 4 is 34.7 Å². The molecule has 27 heavy (non-hydrogen) atoms. The Hall–Kier alpha value is -2.53. The van der Waals surface area contributed by atoms with Gasteiger partial charge in [-0.3, -0.25) is 9.59 Å². The highest BCUT2D eigenvalue weighted by Gasteiger charge is 2.13. The molecule has 1 fully saturated rings. The summed E-state index contributed by atoms with van der Waals surface area (Å²) in [6.07, 6.45) is 3.75. The first-order valence-corrected chi connectivity index (χ1v) is 9.49. The van der Waals surface area contributed by atoms with Gasteiger partial charge in [0.15, 0.2) is 12.4 Å². The summed E-state index contributed by atoms with van der Waals surface area (Å²) in [5, 5.41) is 3.26. The second-order valence-corrected chi connectivity index (χ2v) is 7.06. The highest BCUT2D eigenvalue weighted by atomic mass is 35.5. The number of nitrogens with zero attached hydrogens (tertiary/aromatic N) is 1. The summed E-state index contributed by atoms with van der Waals surface area (Å²) >= 11 is 5.91. The molecule has 1 saturated heterocycles. The third-order valence-corrected chi connectivity index (χ3v) is 4.79. The number of amides is 1. The van der Waals surface area contributed by atoms with Crippen LogP contribution >= 0.6 is 11.6 Å². The van der Waals surface area contributed by atoms with Crippen LogP contribution in [0.1, 0.15) is 36.5 Å². The van der Waals surface area contributed by atoms with Crippen LogP contribution in [-0.4, -0.2) is 31.4 Å². The molecule has 0 radical (unpaired) electrons. The van der Waals surface area contributed by atoms with Crippen molar-refractivity contribution in [3.8, 4) is 5.75 Å². The molecule has 142 valence electrons. The largest absolute Gasteiger partial charge is 0.483 e. The minimum Gasteiger partial charge on any atom is -0.483 e. The molecule has 0 saturated carbocycles. The normalized spacial score (nSPS) is 13.9. The Morgan fingerprint density at radius 1 is 1.07 bits per heavy atom. The standard InChI is InChI=1S/C21H23ClN2O3/c1-15(25)19-13-16(22)5-10-20(19)27-14-21(26)23-17-6-8-18(9-7-17)24-11-3-2-4-12-24/h5-10,13H,2-4,11-12,14H2,1H3,(H,23,26). The highest BCUT2D eigenvalue weighted by Crippen LogP contribution is 2.24. The lowest BCUT2D eigenvalue weighted by Gasteiger charge is -2.28. The van der Waals surface area contributed by atoms with Crippen LogP contribution in [-0.2, 0) is 4.79 Å². The average Bonchev–Trinajstić information content (AvgIpc) is 2.68. The summed E-state index contributed by atoms with van der Waals surface area (Å²) < 4.78 is 5.51. The summed E-state index contributed by atoms with van der Waals surface area (Å²) in [7, 11) is 0. The van der Waals surface area contributed by atoms with E-state index in [9.17, 15) is 9.59 Å². The molecule has 1 heterocycles. The summed E-state index contributed by atoms with van der Waals surface area (Å²) in [6, 6.07) is 12.6. The van der Waals surface area contributed by atoms with Crippen LogP contribution in [0.2, 0.25) is 5.02 Å². The number of piperidine rings is 1. The van der Waals surface area contributed by atoms with Crippen molar-refractivity contribution in [1.82, 2.24) is 0 Å². The Morgan fingerprint density at radius 2 is 1.78 bits per heavy atom. The highest BCUT2D eigenvalue weighted by molar-refractivity contribution is 6.31. The maximum atomic E-state index is 12.2. The van der Waals surface area contributed by atoms with Gasteiger partial charge in [-0.05, 0) is 68.7 Å². The molecule has 2 aromatic carbocycles. The van der Waals surface area contributed by atoms with E-state index < -0.39 is 0 Å². The van der Waals surface area contributed by atoms with Gasteiger partial charge in [0.25, 0.3) is 5.91 Å². The van der Waals surface area contributed by atoms with Crippen LogP contribution < -0.4 is 15.0 Å². The van der Waals surface area contributed by atoms with Gasteiger partial charge in [-0.25, -0.2) is 0 Å². The fraction of sp³-hybridized carbons (Fsp3) is 0.333. The van der Waals surface area contributed by atoms with E-state index in [0.29, 0.717) is 22.0 Å². The monoisotopic (exact) mass is 386 g/mol. The molecule has 1 amide bonds. The van der Waals surface area contributed by atoms with E-state index in [2.05, 4.69) is 10.2 Å². The molecule has 2 aromatic rings. The van der Waals surface area contributed by atoms with Crippen molar-refractivity contribution in [2.75, 3.05) is 29.9 Å². The van der Waals surface area contributed by atoms with Crippen LogP contribution in [0.5, 0.6) is 5.75 Å². The van der Waals surface area contributed by atoms with E-state index in [1.54, 1.807) is 12.1 Å². The molecule has 0 aromatic heterocycles.